The third-order valence-electron chi connectivity index (χ3n) is 2.76. The van der Waals surface area contributed by atoms with E-state index < -0.39 is 0 Å². The van der Waals surface area contributed by atoms with Crippen molar-refractivity contribution in [3.8, 4) is 0 Å². The van der Waals surface area contributed by atoms with Crippen LogP contribution in [0.25, 0.3) is 10.8 Å². The Morgan fingerprint density at radius 2 is 2.17 bits per heavy atom. The highest BCUT2D eigenvalue weighted by molar-refractivity contribution is 5.84. The Morgan fingerprint density at radius 3 is 3.06 bits per heavy atom. The van der Waals surface area contributed by atoms with Crippen molar-refractivity contribution in [2.75, 3.05) is 0 Å². The second-order valence-corrected chi connectivity index (χ2v) is 3.95. The summed E-state index contributed by atoms with van der Waals surface area (Å²) in [6, 6.07) is 8.23. The minimum Gasteiger partial charge on any atom is -0.306 e. The minimum absolute atomic E-state index is 0.595. The van der Waals surface area contributed by atoms with Crippen LogP contribution in [0.5, 0.6) is 0 Å². The van der Waals surface area contributed by atoms with E-state index in [4.69, 9.17) is 0 Å². The summed E-state index contributed by atoms with van der Waals surface area (Å²) in [5, 5.41) is 19.4. The molecule has 6 nitrogen and oxygen atoms in total. The topological polar surface area (TPSA) is 79.4 Å². The number of aromatic amines is 1. The summed E-state index contributed by atoms with van der Waals surface area (Å²) in [7, 11) is 0. The van der Waals surface area contributed by atoms with Gasteiger partial charge in [0.05, 0.1) is 6.54 Å². The lowest BCUT2D eigenvalue weighted by molar-refractivity contribution is 0.666. The molecule has 0 saturated carbocycles. The van der Waals surface area contributed by atoms with E-state index in [0.717, 1.165) is 11.9 Å². The van der Waals surface area contributed by atoms with Gasteiger partial charge in [-0.1, -0.05) is 23.4 Å². The van der Waals surface area contributed by atoms with Crippen molar-refractivity contribution in [3.63, 3.8) is 0 Å². The van der Waals surface area contributed by atoms with E-state index >= 15 is 0 Å². The average Bonchev–Trinajstić information content (AvgIpc) is 2.92. The van der Waals surface area contributed by atoms with Gasteiger partial charge in [0.2, 0.25) is 0 Å². The van der Waals surface area contributed by atoms with Crippen LogP contribution in [0.3, 0.4) is 0 Å². The van der Waals surface area contributed by atoms with Gasteiger partial charge in [-0.3, -0.25) is 4.98 Å². The lowest BCUT2D eigenvalue weighted by Gasteiger charge is -2.06. The van der Waals surface area contributed by atoms with Gasteiger partial charge in [-0.15, -0.1) is 10.2 Å². The summed E-state index contributed by atoms with van der Waals surface area (Å²) in [6.45, 7) is 1.36. The smallest absolute Gasteiger partial charge is 0.188 e. The van der Waals surface area contributed by atoms with Gasteiger partial charge in [0.1, 0.15) is 0 Å². The molecule has 6 heteroatoms. The van der Waals surface area contributed by atoms with Crippen molar-refractivity contribution in [2.24, 2.45) is 0 Å². The highest BCUT2D eigenvalue weighted by Crippen LogP contribution is 2.17. The van der Waals surface area contributed by atoms with E-state index in [9.17, 15) is 0 Å². The second-order valence-electron chi connectivity index (χ2n) is 3.95. The molecule has 0 bridgehead atoms. The van der Waals surface area contributed by atoms with Gasteiger partial charge in [-0.2, -0.15) is 5.21 Å². The Bertz CT molecular complexity index is 629. The van der Waals surface area contributed by atoms with Crippen molar-refractivity contribution < 1.29 is 0 Å². The molecule has 0 amide bonds. The van der Waals surface area contributed by atoms with Gasteiger partial charge in [-0.25, -0.2) is 0 Å². The fraction of sp³-hybridized carbons (Fsp3) is 0.167. The first kappa shape index (κ1) is 10.8. The number of fused-ring (bicyclic) bond motifs is 1. The highest BCUT2D eigenvalue weighted by atomic mass is 15.5. The number of nitrogens with zero attached hydrogens (tertiary/aromatic N) is 4. The molecule has 0 fully saturated rings. The quantitative estimate of drug-likeness (QED) is 0.712. The predicted molar refractivity (Wildman–Crippen MR) is 66.5 cm³/mol. The molecule has 1 aromatic carbocycles. The number of aromatic nitrogens is 5. The molecule has 18 heavy (non-hydrogen) atoms. The molecular formula is C12H12N6. The zero-order valence-electron chi connectivity index (χ0n) is 9.67. The fourth-order valence-corrected chi connectivity index (χ4v) is 1.91. The van der Waals surface area contributed by atoms with Crippen molar-refractivity contribution >= 4 is 10.8 Å². The molecule has 0 aliphatic rings. The Labute approximate surface area is 103 Å². The molecular weight excluding hydrogens is 228 g/mol. The Kier molecular flexibility index (Phi) is 2.93. The van der Waals surface area contributed by atoms with E-state index in [1.165, 1.54) is 10.9 Å². The Morgan fingerprint density at radius 1 is 1.17 bits per heavy atom. The summed E-state index contributed by atoms with van der Waals surface area (Å²) in [5.74, 6) is 0.664. The molecule has 2 aromatic heterocycles. The summed E-state index contributed by atoms with van der Waals surface area (Å²) in [5.41, 5.74) is 1.23. The van der Waals surface area contributed by atoms with E-state index in [1.807, 2.05) is 24.5 Å². The molecule has 0 radical (unpaired) electrons. The van der Waals surface area contributed by atoms with Crippen LogP contribution in [0.2, 0.25) is 0 Å². The van der Waals surface area contributed by atoms with Crippen LogP contribution < -0.4 is 5.32 Å². The minimum atomic E-state index is 0.595. The third kappa shape index (κ3) is 2.18. The zero-order valence-corrected chi connectivity index (χ0v) is 9.67. The van der Waals surface area contributed by atoms with Crippen molar-refractivity contribution in [2.45, 2.75) is 13.1 Å². The molecule has 0 atom stereocenters. The van der Waals surface area contributed by atoms with Gasteiger partial charge in [-0.05, 0) is 17.0 Å². The maximum Gasteiger partial charge on any atom is 0.188 e. The van der Waals surface area contributed by atoms with Crippen LogP contribution >= 0.6 is 0 Å². The molecule has 2 heterocycles. The SMILES string of the molecule is c1cc(CNCc2nn[nH]n2)c2ccncc2c1. The van der Waals surface area contributed by atoms with Gasteiger partial charge < -0.3 is 5.32 Å². The number of hydrogen-bond acceptors (Lipinski definition) is 5. The number of nitrogens with one attached hydrogen (secondary N) is 2. The molecule has 0 unspecified atom stereocenters. The van der Waals surface area contributed by atoms with Gasteiger partial charge in [0.25, 0.3) is 0 Å². The first-order valence-corrected chi connectivity index (χ1v) is 5.68. The van der Waals surface area contributed by atoms with E-state index in [1.54, 1.807) is 0 Å². The molecule has 90 valence electrons. The number of tetrazole rings is 1. The van der Waals surface area contributed by atoms with Crippen LogP contribution in [-0.4, -0.2) is 25.6 Å². The predicted octanol–water partition coefficient (Wildman–Crippen LogP) is 1.04. The molecule has 3 rings (SSSR count). The second kappa shape index (κ2) is 4.89. The lowest BCUT2D eigenvalue weighted by atomic mass is 10.1. The van der Waals surface area contributed by atoms with Crippen molar-refractivity contribution in [1.82, 2.24) is 30.9 Å². The molecule has 2 N–H and O–H groups in total. The summed E-state index contributed by atoms with van der Waals surface area (Å²) in [6.07, 6.45) is 3.68. The van der Waals surface area contributed by atoms with Crippen molar-refractivity contribution in [3.05, 3.63) is 48.0 Å². The number of benzene rings is 1. The molecule has 0 aliphatic carbocycles. The first-order chi connectivity index (χ1) is 8.93. The number of hydrogen-bond donors (Lipinski definition) is 2. The summed E-state index contributed by atoms with van der Waals surface area (Å²) >= 11 is 0. The molecule has 3 aromatic rings. The maximum absolute atomic E-state index is 4.12. The first-order valence-electron chi connectivity index (χ1n) is 5.68. The normalized spacial score (nSPS) is 10.9. The molecule has 0 saturated heterocycles. The Hall–Kier alpha value is -2.34. The number of H-pyrrole nitrogens is 1. The maximum atomic E-state index is 4.12. The van der Waals surface area contributed by atoms with Crippen LogP contribution in [0, 0.1) is 0 Å². The summed E-state index contributed by atoms with van der Waals surface area (Å²) < 4.78 is 0. The number of pyridine rings is 1. The fourth-order valence-electron chi connectivity index (χ4n) is 1.91. The summed E-state index contributed by atoms with van der Waals surface area (Å²) in [4.78, 5) is 4.12. The third-order valence-corrected chi connectivity index (χ3v) is 2.76. The van der Waals surface area contributed by atoms with Crippen LogP contribution in [0.1, 0.15) is 11.4 Å². The standard InChI is InChI=1S/C12H12N6/c1-2-9-6-13-5-4-11(9)10(3-1)7-14-8-12-15-17-18-16-12/h1-6,14H,7-8H2,(H,15,16,17,18). The van der Waals surface area contributed by atoms with E-state index in [-0.39, 0.29) is 0 Å². The van der Waals surface area contributed by atoms with Crippen LogP contribution in [0.4, 0.5) is 0 Å². The molecule has 0 aliphatic heterocycles. The zero-order chi connectivity index (χ0) is 12.2. The van der Waals surface area contributed by atoms with Gasteiger partial charge in [0.15, 0.2) is 5.82 Å². The highest BCUT2D eigenvalue weighted by Gasteiger charge is 2.01. The van der Waals surface area contributed by atoms with Crippen LogP contribution in [0.15, 0.2) is 36.7 Å². The molecule has 0 spiro atoms. The van der Waals surface area contributed by atoms with Gasteiger partial charge in [0, 0.05) is 24.3 Å². The monoisotopic (exact) mass is 240 g/mol. The average molecular weight is 240 g/mol. The number of rotatable bonds is 4. The van der Waals surface area contributed by atoms with E-state index in [2.05, 4.69) is 43.1 Å². The van der Waals surface area contributed by atoms with E-state index in [0.29, 0.717) is 12.4 Å². The van der Waals surface area contributed by atoms with Crippen molar-refractivity contribution in [1.29, 1.82) is 0 Å². The largest absolute Gasteiger partial charge is 0.306 e. The Balaban J connectivity index is 1.74. The van der Waals surface area contributed by atoms with Crippen LogP contribution in [-0.2, 0) is 13.1 Å². The lowest BCUT2D eigenvalue weighted by Crippen LogP contribution is -2.14. The van der Waals surface area contributed by atoms with Gasteiger partial charge >= 0.3 is 0 Å².